The molecule has 1 fully saturated rings. The molecule has 8 nitrogen and oxygen atoms in total. The minimum Gasteiger partial charge on any atom is -0.497 e. The van der Waals surface area contributed by atoms with Gasteiger partial charge in [0.05, 0.1) is 7.11 Å². The third-order valence-electron chi connectivity index (χ3n) is 4.60. The number of ether oxygens (including phenoxy) is 3. The standard InChI is InChI=1S/C21H25ClN2O6S/c1-21(2,3)30-20(27)23-15-17(25)24-16(13(9-22)11-31-18(15)24)19(26)29-10-12-5-7-14(28-4)8-6-12/h5-8,15,18H,9-11H2,1-4H3,(H,23,27)/t15-,18-/m1/s1. The number of hydrogen-bond acceptors (Lipinski definition) is 7. The van der Waals surface area contributed by atoms with Crippen molar-refractivity contribution >= 4 is 41.3 Å². The van der Waals surface area contributed by atoms with Crippen molar-refractivity contribution in [2.45, 2.75) is 44.4 Å². The summed E-state index contributed by atoms with van der Waals surface area (Å²) in [7, 11) is 1.57. The summed E-state index contributed by atoms with van der Waals surface area (Å²) in [6, 6.07) is 6.34. The normalized spacial score (nSPS) is 20.5. The van der Waals surface area contributed by atoms with Gasteiger partial charge in [-0.15, -0.1) is 23.4 Å². The summed E-state index contributed by atoms with van der Waals surface area (Å²) in [4.78, 5) is 39.0. The molecule has 2 amide bonds. The number of nitrogens with one attached hydrogen (secondary N) is 1. The minimum atomic E-state index is -0.777. The molecule has 0 saturated carbocycles. The summed E-state index contributed by atoms with van der Waals surface area (Å²) in [5.74, 6) is 0.227. The molecule has 31 heavy (non-hydrogen) atoms. The van der Waals surface area contributed by atoms with Crippen LogP contribution in [0.3, 0.4) is 0 Å². The number of alkyl halides is 1. The van der Waals surface area contributed by atoms with Crippen molar-refractivity contribution in [1.82, 2.24) is 10.2 Å². The van der Waals surface area contributed by atoms with Crippen LogP contribution in [-0.4, -0.2) is 58.6 Å². The van der Waals surface area contributed by atoms with Gasteiger partial charge in [-0.1, -0.05) is 12.1 Å². The SMILES string of the molecule is COc1ccc(COC(=O)C2=C(CCl)CS[C@@H]3[C@H](NC(=O)OC(C)(C)C)C(=O)N23)cc1. The van der Waals surface area contributed by atoms with Gasteiger partial charge in [0.2, 0.25) is 0 Å². The van der Waals surface area contributed by atoms with Crippen LogP contribution in [0, 0.1) is 0 Å². The first kappa shape index (κ1) is 23.3. The van der Waals surface area contributed by atoms with E-state index >= 15 is 0 Å². The number of nitrogens with zero attached hydrogens (tertiary/aromatic N) is 1. The first-order valence-electron chi connectivity index (χ1n) is 9.67. The zero-order chi connectivity index (χ0) is 22.8. The fraction of sp³-hybridized carbons (Fsp3) is 0.476. The number of alkyl carbamates (subject to hydrolysis) is 1. The average Bonchev–Trinajstić information content (AvgIpc) is 2.73. The lowest BCUT2D eigenvalue weighted by Gasteiger charge is -2.49. The topological polar surface area (TPSA) is 94.2 Å². The molecule has 168 valence electrons. The van der Waals surface area contributed by atoms with Crippen molar-refractivity contribution in [3.05, 3.63) is 41.1 Å². The number of halogens is 1. The molecule has 0 aliphatic carbocycles. The molecule has 0 unspecified atom stereocenters. The van der Waals surface area contributed by atoms with Gasteiger partial charge in [-0.25, -0.2) is 9.59 Å². The molecule has 1 aromatic carbocycles. The van der Waals surface area contributed by atoms with Crippen molar-refractivity contribution in [1.29, 1.82) is 0 Å². The molecule has 3 rings (SSSR count). The number of thioether (sulfide) groups is 1. The summed E-state index contributed by atoms with van der Waals surface area (Å²) in [6.07, 6.45) is -0.679. The van der Waals surface area contributed by atoms with Gasteiger partial charge in [0.15, 0.2) is 0 Å². The smallest absolute Gasteiger partial charge is 0.408 e. The summed E-state index contributed by atoms with van der Waals surface area (Å²) < 4.78 is 15.8. The number of benzene rings is 1. The van der Waals surface area contributed by atoms with Crippen molar-refractivity contribution in [2.24, 2.45) is 0 Å². The van der Waals surface area contributed by atoms with E-state index in [0.717, 1.165) is 5.56 Å². The van der Waals surface area contributed by atoms with Crippen LogP contribution in [0.5, 0.6) is 5.75 Å². The lowest BCUT2D eigenvalue weighted by Crippen LogP contribution is -2.70. The maximum atomic E-state index is 12.8. The van der Waals surface area contributed by atoms with E-state index in [1.807, 2.05) is 0 Å². The van der Waals surface area contributed by atoms with E-state index in [2.05, 4.69) is 5.32 Å². The Labute approximate surface area is 190 Å². The highest BCUT2D eigenvalue weighted by Gasteiger charge is 2.54. The Morgan fingerprint density at radius 2 is 1.94 bits per heavy atom. The number of hydrogen-bond donors (Lipinski definition) is 1. The highest BCUT2D eigenvalue weighted by Crippen LogP contribution is 2.41. The average molecular weight is 469 g/mol. The van der Waals surface area contributed by atoms with Gasteiger partial charge in [0.25, 0.3) is 5.91 Å². The van der Waals surface area contributed by atoms with Crippen LogP contribution in [0.25, 0.3) is 0 Å². The maximum absolute atomic E-state index is 12.8. The zero-order valence-electron chi connectivity index (χ0n) is 17.8. The first-order chi connectivity index (χ1) is 14.6. The zero-order valence-corrected chi connectivity index (χ0v) is 19.3. The first-order valence-corrected chi connectivity index (χ1v) is 11.2. The van der Waals surface area contributed by atoms with Crippen LogP contribution in [0.2, 0.25) is 0 Å². The molecule has 2 aliphatic rings. The number of β-lactam (4-membered cyclic amide) rings is 1. The van der Waals surface area contributed by atoms with Crippen LogP contribution in [0.1, 0.15) is 26.3 Å². The summed E-state index contributed by atoms with van der Waals surface area (Å²) >= 11 is 7.46. The van der Waals surface area contributed by atoms with Gasteiger partial charge >= 0.3 is 12.1 Å². The Morgan fingerprint density at radius 3 is 2.52 bits per heavy atom. The number of fused-ring (bicyclic) bond motifs is 1. The molecule has 2 aliphatic heterocycles. The number of carbonyl (C=O) groups is 3. The van der Waals surface area contributed by atoms with Crippen LogP contribution in [-0.2, 0) is 25.7 Å². The molecule has 0 spiro atoms. The van der Waals surface area contributed by atoms with Crippen molar-refractivity contribution in [3.8, 4) is 5.75 Å². The van der Waals surface area contributed by atoms with Crippen LogP contribution >= 0.6 is 23.4 Å². The Kier molecular flexibility index (Phi) is 7.06. The summed E-state index contributed by atoms with van der Waals surface area (Å²) in [5, 5.41) is 2.17. The Balaban J connectivity index is 1.68. The fourth-order valence-electron chi connectivity index (χ4n) is 3.15. The number of rotatable bonds is 6. The van der Waals surface area contributed by atoms with Crippen molar-refractivity contribution in [3.63, 3.8) is 0 Å². The van der Waals surface area contributed by atoms with Gasteiger partial charge in [0, 0.05) is 11.6 Å². The van der Waals surface area contributed by atoms with Gasteiger partial charge < -0.3 is 19.5 Å². The molecule has 1 saturated heterocycles. The number of carbonyl (C=O) groups excluding carboxylic acids is 3. The molecule has 1 aromatic rings. The molecule has 0 bridgehead atoms. The predicted octanol–water partition coefficient (Wildman–Crippen LogP) is 3.04. The van der Waals surface area contributed by atoms with E-state index in [4.69, 9.17) is 25.8 Å². The highest BCUT2D eigenvalue weighted by atomic mass is 35.5. The summed E-state index contributed by atoms with van der Waals surface area (Å²) in [6.45, 7) is 5.26. The quantitative estimate of drug-likeness (QED) is 0.389. The summed E-state index contributed by atoms with van der Waals surface area (Å²) in [5.41, 5.74) is 0.868. The molecular formula is C21H25ClN2O6S. The molecule has 10 heteroatoms. The predicted molar refractivity (Wildman–Crippen MR) is 117 cm³/mol. The molecule has 2 heterocycles. The maximum Gasteiger partial charge on any atom is 0.408 e. The van der Waals surface area contributed by atoms with Gasteiger partial charge in [0.1, 0.15) is 35.1 Å². The Morgan fingerprint density at radius 1 is 1.26 bits per heavy atom. The van der Waals surface area contributed by atoms with Gasteiger partial charge in [-0.2, -0.15) is 0 Å². The third kappa shape index (κ3) is 5.27. The monoisotopic (exact) mass is 468 g/mol. The Bertz CT molecular complexity index is 896. The van der Waals surface area contributed by atoms with Gasteiger partial charge in [-0.05, 0) is 44.0 Å². The third-order valence-corrected chi connectivity index (χ3v) is 6.27. The van der Waals surface area contributed by atoms with Crippen LogP contribution in [0.4, 0.5) is 4.79 Å². The second-order valence-corrected chi connectivity index (χ2v) is 9.42. The lowest BCUT2D eigenvalue weighted by molar-refractivity contribution is -0.152. The van der Waals surface area contributed by atoms with Crippen LogP contribution < -0.4 is 10.1 Å². The number of esters is 1. The van der Waals surface area contributed by atoms with E-state index in [-0.39, 0.29) is 18.2 Å². The van der Waals surface area contributed by atoms with E-state index in [9.17, 15) is 14.4 Å². The molecule has 0 radical (unpaired) electrons. The molecule has 0 aromatic heterocycles. The minimum absolute atomic E-state index is 0.0430. The largest absolute Gasteiger partial charge is 0.497 e. The molecular weight excluding hydrogens is 444 g/mol. The fourth-order valence-corrected chi connectivity index (χ4v) is 4.83. The highest BCUT2D eigenvalue weighted by molar-refractivity contribution is 8.00. The molecule has 2 atom stereocenters. The van der Waals surface area contributed by atoms with Crippen molar-refractivity contribution < 1.29 is 28.6 Å². The number of amides is 2. The van der Waals surface area contributed by atoms with Crippen LogP contribution in [0.15, 0.2) is 35.5 Å². The number of methoxy groups -OCH3 is 1. The van der Waals surface area contributed by atoms with E-state index < -0.39 is 35.0 Å². The van der Waals surface area contributed by atoms with E-state index in [1.165, 1.54) is 16.7 Å². The second-order valence-electron chi connectivity index (χ2n) is 8.04. The van der Waals surface area contributed by atoms with E-state index in [1.54, 1.807) is 52.1 Å². The van der Waals surface area contributed by atoms with Crippen molar-refractivity contribution in [2.75, 3.05) is 18.7 Å². The lowest BCUT2D eigenvalue weighted by atomic mass is 10.0. The van der Waals surface area contributed by atoms with E-state index in [0.29, 0.717) is 17.1 Å². The Hall–Kier alpha value is -2.39. The molecule has 1 N–H and O–H groups in total. The van der Waals surface area contributed by atoms with Gasteiger partial charge in [-0.3, -0.25) is 9.69 Å². The second kappa shape index (κ2) is 9.40.